The summed E-state index contributed by atoms with van der Waals surface area (Å²) in [6.45, 7) is 15.9. The Kier molecular flexibility index (Phi) is 29.0. The molecule has 0 aliphatic rings. The Balaban J connectivity index is -0.000000475. The van der Waals surface area contributed by atoms with Gasteiger partial charge < -0.3 is 49.2 Å². The largest absolute Gasteiger partial charge is 0.481 e. The lowest BCUT2D eigenvalue weighted by atomic mass is 10.3. The fraction of sp³-hybridized carbons (Fsp3) is 0.917. The fourth-order valence-electron chi connectivity index (χ4n) is 1.90. The molecule has 5 N–H and O–H groups in total. The van der Waals surface area contributed by atoms with Crippen LogP contribution in [0.4, 0.5) is 0 Å². The van der Waals surface area contributed by atoms with Crippen molar-refractivity contribution in [2.24, 2.45) is 0 Å². The molecule has 0 spiro atoms. The Hall–Kier alpha value is -1.38. The Morgan fingerprint density at radius 2 is 0.944 bits per heavy atom. The molecular formula is C24H50O12. The molecular weight excluding hydrogens is 480 g/mol. The van der Waals surface area contributed by atoms with Crippen molar-refractivity contribution in [3.05, 3.63) is 0 Å². The smallest absolute Gasteiger partial charge is 0.303 e. The normalized spacial score (nSPS) is 15.7. The van der Waals surface area contributed by atoms with E-state index in [9.17, 15) is 9.59 Å². The average molecular weight is 531 g/mol. The van der Waals surface area contributed by atoms with Crippen LogP contribution < -0.4 is 0 Å². The number of aliphatic hydroxyl groups is 3. The monoisotopic (exact) mass is 530 g/mol. The van der Waals surface area contributed by atoms with Crippen LogP contribution in [0.1, 0.15) is 61.3 Å². The van der Waals surface area contributed by atoms with Crippen LogP contribution in [0.3, 0.4) is 0 Å². The summed E-state index contributed by atoms with van der Waals surface area (Å²) in [5.74, 6) is -2.15. The lowest BCUT2D eigenvalue weighted by Gasteiger charge is -2.18. The van der Waals surface area contributed by atoms with Crippen LogP contribution in [-0.4, -0.2) is 120 Å². The maximum Gasteiger partial charge on any atom is 0.303 e. The number of carbonyl (C=O) groups is 2. The first-order valence-electron chi connectivity index (χ1n) is 12.2. The second-order valence-corrected chi connectivity index (χ2v) is 8.40. The quantitative estimate of drug-likeness (QED) is 0.162. The van der Waals surface area contributed by atoms with E-state index in [4.69, 9.17) is 49.2 Å². The van der Waals surface area contributed by atoms with Gasteiger partial charge >= 0.3 is 11.9 Å². The molecule has 0 saturated heterocycles. The first-order chi connectivity index (χ1) is 16.7. The molecule has 0 aromatic rings. The van der Waals surface area contributed by atoms with Gasteiger partial charge in [0.15, 0.2) is 0 Å². The number of rotatable bonds is 19. The lowest BCUT2D eigenvalue weighted by Crippen LogP contribution is -2.25. The van der Waals surface area contributed by atoms with Gasteiger partial charge in [-0.25, -0.2) is 0 Å². The minimum atomic E-state index is -1.08. The van der Waals surface area contributed by atoms with Gasteiger partial charge in [-0.2, -0.15) is 0 Å². The molecule has 12 heteroatoms. The molecule has 0 radical (unpaired) electrons. The third kappa shape index (κ3) is 37.2. The lowest BCUT2D eigenvalue weighted by molar-refractivity contribution is -0.143. The van der Waals surface area contributed by atoms with Crippen LogP contribution in [-0.2, 0) is 33.3 Å². The van der Waals surface area contributed by atoms with Gasteiger partial charge in [-0.05, 0) is 48.5 Å². The molecule has 0 rings (SSSR count). The predicted octanol–water partition coefficient (Wildman–Crippen LogP) is 1.32. The summed E-state index contributed by atoms with van der Waals surface area (Å²) in [5.41, 5.74) is 0. The van der Waals surface area contributed by atoms with Crippen LogP contribution in [0, 0.1) is 0 Å². The summed E-state index contributed by atoms with van der Waals surface area (Å²) in [7, 11) is 0. The van der Waals surface area contributed by atoms with Gasteiger partial charge in [0.05, 0.1) is 89.1 Å². The van der Waals surface area contributed by atoms with E-state index in [1.54, 1.807) is 20.8 Å². The van der Waals surface area contributed by atoms with Gasteiger partial charge in [0.25, 0.3) is 0 Å². The molecule has 36 heavy (non-hydrogen) atoms. The highest BCUT2D eigenvalue weighted by Gasteiger charge is 2.08. The van der Waals surface area contributed by atoms with Crippen molar-refractivity contribution >= 4 is 11.9 Å². The number of ether oxygens (including phenoxy) is 5. The van der Waals surface area contributed by atoms with Crippen LogP contribution in [0.5, 0.6) is 0 Å². The summed E-state index contributed by atoms with van der Waals surface area (Å²) < 4.78 is 26.5. The van der Waals surface area contributed by atoms with E-state index in [0.717, 1.165) is 0 Å². The Morgan fingerprint density at radius 1 is 0.611 bits per heavy atom. The molecule has 6 atom stereocenters. The van der Waals surface area contributed by atoms with Crippen LogP contribution >= 0.6 is 0 Å². The zero-order valence-corrected chi connectivity index (χ0v) is 22.9. The SMILES string of the molecule is CC(O)COC(C)COC(C)CO.CCOCC(C)OCC(C)OCC(C)O.O=C(O)CCC(=O)O. The summed E-state index contributed by atoms with van der Waals surface area (Å²) in [6.07, 6.45) is -1.58. The van der Waals surface area contributed by atoms with E-state index in [1.807, 2.05) is 27.7 Å². The maximum atomic E-state index is 9.64. The Bertz CT molecular complexity index is 487. The van der Waals surface area contributed by atoms with Gasteiger partial charge in [0.1, 0.15) is 0 Å². The zero-order valence-electron chi connectivity index (χ0n) is 22.9. The van der Waals surface area contributed by atoms with E-state index in [1.165, 1.54) is 0 Å². The number of carboxylic acid groups (broad SMARTS) is 2. The molecule has 0 heterocycles. The van der Waals surface area contributed by atoms with Gasteiger partial charge in [-0.1, -0.05) is 0 Å². The molecule has 0 amide bonds. The summed E-state index contributed by atoms with van der Waals surface area (Å²) in [6, 6.07) is 0. The molecule has 0 fully saturated rings. The third-order valence-corrected chi connectivity index (χ3v) is 3.84. The van der Waals surface area contributed by atoms with Crippen molar-refractivity contribution in [3.8, 4) is 0 Å². The molecule has 0 aliphatic carbocycles. The van der Waals surface area contributed by atoms with Crippen LogP contribution in [0.25, 0.3) is 0 Å². The topological polar surface area (TPSA) is 181 Å². The molecule has 12 nitrogen and oxygen atoms in total. The predicted molar refractivity (Wildman–Crippen MR) is 133 cm³/mol. The first kappa shape index (κ1) is 39.1. The average Bonchev–Trinajstić information content (AvgIpc) is 2.81. The van der Waals surface area contributed by atoms with E-state index >= 15 is 0 Å². The molecule has 218 valence electrons. The zero-order chi connectivity index (χ0) is 28.5. The summed E-state index contributed by atoms with van der Waals surface area (Å²) in [4.78, 5) is 19.3. The van der Waals surface area contributed by atoms with Crippen LogP contribution in [0.15, 0.2) is 0 Å². The molecule has 0 bridgehead atoms. The highest BCUT2D eigenvalue weighted by molar-refractivity contribution is 5.75. The van der Waals surface area contributed by atoms with Crippen molar-refractivity contribution in [1.82, 2.24) is 0 Å². The number of aliphatic hydroxyl groups excluding tert-OH is 3. The Labute approximate surface area is 215 Å². The minimum Gasteiger partial charge on any atom is -0.481 e. The number of hydrogen-bond donors (Lipinski definition) is 5. The van der Waals surface area contributed by atoms with Crippen molar-refractivity contribution in [1.29, 1.82) is 0 Å². The third-order valence-electron chi connectivity index (χ3n) is 3.84. The van der Waals surface area contributed by atoms with E-state index < -0.39 is 24.1 Å². The molecule has 0 saturated carbocycles. The van der Waals surface area contributed by atoms with E-state index in [-0.39, 0.29) is 43.9 Å². The maximum absolute atomic E-state index is 9.64. The number of aliphatic carboxylic acids is 2. The van der Waals surface area contributed by atoms with Gasteiger partial charge in [0, 0.05) is 6.61 Å². The standard InChI is InChI=1S/C11H24O4.C9H20O4.C4H6O4/c1-5-13-7-10(3)15-8-11(4)14-6-9(2)12;1-7(11)5-12-9(3)6-13-8(2)4-10;5-3(6)1-2-4(7)8/h9-12H,5-8H2,1-4H3;7-11H,4-6H2,1-3H3;1-2H2,(H,5,6)(H,7,8). The van der Waals surface area contributed by atoms with Crippen LogP contribution in [0.2, 0.25) is 0 Å². The second kappa shape index (κ2) is 26.7. The summed E-state index contributed by atoms with van der Waals surface area (Å²) in [5, 5.41) is 42.4. The van der Waals surface area contributed by atoms with Gasteiger partial charge in [0.2, 0.25) is 0 Å². The van der Waals surface area contributed by atoms with E-state index in [0.29, 0.717) is 39.6 Å². The highest BCUT2D eigenvalue weighted by atomic mass is 16.6. The summed E-state index contributed by atoms with van der Waals surface area (Å²) >= 11 is 0. The van der Waals surface area contributed by atoms with E-state index in [2.05, 4.69) is 0 Å². The second-order valence-electron chi connectivity index (χ2n) is 8.40. The van der Waals surface area contributed by atoms with Gasteiger partial charge in [-0.15, -0.1) is 0 Å². The first-order valence-corrected chi connectivity index (χ1v) is 12.2. The molecule has 0 aliphatic heterocycles. The minimum absolute atomic E-state index is 0.00340. The fourth-order valence-corrected chi connectivity index (χ4v) is 1.90. The molecule has 6 unspecified atom stereocenters. The Morgan fingerprint density at radius 3 is 1.25 bits per heavy atom. The molecule has 0 aromatic heterocycles. The van der Waals surface area contributed by atoms with Crippen molar-refractivity contribution < 1.29 is 58.8 Å². The number of carboxylic acids is 2. The molecule has 0 aromatic carbocycles. The highest BCUT2D eigenvalue weighted by Crippen LogP contribution is 1.99. The van der Waals surface area contributed by atoms with Crippen molar-refractivity contribution in [3.63, 3.8) is 0 Å². The number of hydrogen-bond acceptors (Lipinski definition) is 10. The van der Waals surface area contributed by atoms with Crippen molar-refractivity contribution in [2.75, 3.05) is 46.2 Å². The van der Waals surface area contributed by atoms with Crippen molar-refractivity contribution in [2.45, 2.75) is 97.9 Å². The van der Waals surface area contributed by atoms with Gasteiger partial charge in [-0.3, -0.25) is 9.59 Å².